The number of aromatic nitrogens is 1. The Hall–Kier alpha value is -2.19. The van der Waals surface area contributed by atoms with Gasteiger partial charge < -0.3 is 16.8 Å². The molecule has 1 aromatic heterocycles. The molecule has 0 aromatic carbocycles. The van der Waals surface area contributed by atoms with Crippen molar-refractivity contribution in [3.05, 3.63) is 40.1 Å². The first-order chi connectivity index (χ1) is 8.56. The Kier molecular flexibility index (Phi) is 7.08. The SMILES string of the molecule is Cl.NC/C=C/CNc1nc(C(N)=O)ccc1[N+](=O)[O-]. The van der Waals surface area contributed by atoms with Crippen molar-refractivity contribution in [1.29, 1.82) is 0 Å². The highest BCUT2D eigenvalue weighted by Crippen LogP contribution is 2.21. The molecule has 0 aliphatic rings. The number of nitrogens with two attached hydrogens (primary N) is 2. The standard InChI is InChI=1S/C10H13N5O3.ClH/c11-5-1-2-6-13-10-8(15(17)18)4-3-7(14-10)9(12)16;/h1-4H,5-6,11H2,(H2,12,16)(H,13,14);1H/b2-1+;. The molecule has 1 amide bonds. The van der Waals surface area contributed by atoms with Crippen LogP contribution in [0, 0.1) is 10.1 Å². The van der Waals surface area contributed by atoms with Gasteiger partial charge in [0.15, 0.2) is 0 Å². The number of nitrogens with one attached hydrogen (secondary N) is 1. The molecular formula is C10H14ClN5O3. The molecule has 0 aliphatic heterocycles. The predicted molar refractivity (Wildman–Crippen MR) is 73.3 cm³/mol. The minimum atomic E-state index is -0.745. The van der Waals surface area contributed by atoms with Gasteiger partial charge in [0.1, 0.15) is 5.69 Å². The maximum atomic E-state index is 10.9. The average Bonchev–Trinajstić information content (AvgIpc) is 2.34. The number of nitro groups is 1. The fourth-order valence-corrected chi connectivity index (χ4v) is 1.20. The summed E-state index contributed by atoms with van der Waals surface area (Å²) < 4.78 is 0. The van der Waals surface area contributed by atoms with Crippen LogP contribution in [0.25, 0.3) is 0 Å². The normalized spacial score (nSPS) is 9.95. The van der Waals surface area contributed by atoms with Gasteiger partial charge in [0, 0.05) is 19.2 Å². The Morgan fingerprint density at radius 3 is 2.68 bits per heavy atom. The van der Waals surface area contributed by atoms with Crippen LogP contribution in [0.4, 0.5) is 11.5 Å². The number of carbonyl (C=O) groups is 1. The van der Waals surface area contributed by atoms with Crippen LogP contribution >= 0.6 is 12.4 Å². The van der Waals surface area contributed by atoms with E-state index in [0.29, 0.717) is 13.1 Å². The summed E-state index contributed by atoms with van der Waals surface area (Å²) in [5.41, 5.74) is 10.0. The van der Waals surface area contributed by atoms with Crippen molar-refractivity contribution < 1.29 is 9.72 Å². The molecule has 0 spiro atoms. The number of nitrogens with zero attached hydrogens (tertiary/aromatic N) is 2. The summed E-state index contributed by atoms with van der Waals surface area (Å²) >= 11 is 0. The maximum Gasteiger partial charge on any atom is 0.311 e. The van der Waals surface area contributed by atoms with E-state index in [4.69, 9.17) is 11.5 Å². The lowest BCUT2D eigenvalue weighted by Crippen LogP contribution is -2.15. The smallest absolute Gasteiger partial charge is 0.311 e. The van der Waals surface area contributed by atoms with Gasteiger partial charge in [-0.15, -0.1) is 12.4 Å². The number of hydrogen-bond donors (Lipinski definition) is 3. The van der Waals surface area contributed by atoms with E-state index in [1.807, 2.05) is 0 Å². The monoisotopic (exact) mass is 287 g/mol. The highest BCUT2D eigenvalue weighted by molar-refractivity contribution is 5.91. The van der Waals surface area contributed by atoms with Crippen LogP contribution in [-0.4, -0.2) is 28.9 Å². The summed E-state index contributed by atoms with van der Waals surface area (Å²) in [5, 5.41) is 13.5. The average molecular weight is 288 g/mol. The molecule has 104 valence electrons. The Bertz CT molecular complexity index is 492. The van der Waals surface area contributed by atoms with E-state index < -0.39 is 10.8 Å². The highest BCUT2D eigenvalue weighted by atomic mass is 35.5. The Labute approximate surface area is 115 Å². The maximum absolute atomic E-state index is 10.9. The van der Waals surface area contributed by atoms with Gasteiger partial charge in [-0.2, -0.15) is 0 Å². The van der Waals surface area contributed by atoms with E-state index >= 15 is 0 Å². The summed E-state index contributed by atoms with van der Waals surface area (Å²) in [6.07, 6.45) is 3.39. The van der Waals surface area contributed by atoms with E-state index in [-0.39, 0.29) is 29.6 Å². The van der Waals surface area contributed by atoms with Crippen LogP contribution in [0.3, 0.4) is 0 Å². The second-order valence-corrected chi connectivity index (χ2v) is 3.27. The first-order valence-corrected chi connectivity index (χ1v) is 5.10. The molecule has 5 N–H and O–H groups in total. The first kappa shape index (κ1) is 16.8. The topological polar surface area (TPSA) is 137 Å². The van der Waals surface area contributed by atoms with E-state index in [9.17, 15) is 14.9 Å². The minimum absolute atomic E-state index is 0. The van der Waals surface area contributed by atoms with Gasteiger partial charge in [-0.1, -0.05) is 12.2 Å². The van der Waals surface area contributed by atoms with Crippen molar-refractivity contribution in [1.82, 2.24) is 4.98 Å². The molecule has 1 rings (SSSR count). The fraction of sp³-hybridized carbons (Fsp3) is 0.200. The molecule has 1 aromatic rings. The second kappa shape index (κ2) is 8.01. The van der Waals surface area contributed by atoms with Gasteiger partial charge in [-0.25, -0.2) is 4.98 Å². The van der Waals surface area contributed by atoms with Gasteiger partial charge in [-0.05, 0) is 6.07 Å². The summed E-state index contributed by atoms with van der Waals surface area (Å²) in [6, 6.07) is 2.39. The molecule has 0 bridgehead atoms. The number of hydrogen-bond acceptors (Lipinski definition) is 6. The number of primary amides is 1. The lowest BCUT2D eigenvalue weighted by atomic mass is 10.3. The Morgan fingerprint density at radius 2 is 2.16 bits per heavy atom. The number of amides is 1. The molecule has 0 saturated heterocycles. The van der Waals surface area contributed by atoms with Gasteiger partial charge >= 0.3 is 5.69 Å². The van der Waals surface area contributed by atoms with Crippen molar-refractivity contribution in [2.45, 2.75) is 0 Å². The zero-order valence-corrected chi connectivity index (χ0v) is 10.7. The van der Waals surface area contributed by atoms with Crippen molar-refractivity contribution in [3.63, 3.8) is 0 Å². The van der Waals surface area contributed by atoms with Gasteiger partial charge in [0.25, 0.3) is 5.91 Å². The minimum Gasteiger partial charge on any atom is -0.364 e. The van der Waals surface area contributed by atoms with E-state index in [1.165, 1.54) is 12.1 Å². The molecule has 19 heavy (non-hydrogen) atoms. The molecule has 0 fully saturated rings. The fourth-order valence-electron chi connectivity index (χ4n) is 1.20. The summed E-state index contributed by atoms with van der Waals surface area (Å²) in [4.78, 5) is 24.9. The van der Waals surface area contributed by atoms with Crippen LogP contribution in [0.5, 0.6) is 0 Å². The van der Waals surface area contributed by atoms with E-state index in [1.54, 1.807) is 12.2 Å². The summed E-state index contributed by atoms with van der Waals surface area (Å²) in [5.74, 6) is -0.747. The Balaban J connectivity index is 0.00000324. The van der Waals surface area contributed by atoms with Crippen LogP contribution in [0.1, 0.15) is 10.5 Å². The molecular weight excluding hydrogens is 274 g/mol. The number of rotatable bonds is 6. The summed E-state index contributed by atoms with van der Waals surface area (Å²) in [7, 11) is 0. The molecule has 0 aliphatic carbocycles. The molecule has 1 heterocycles. The zero-order chi connectivity index (χ0) is 13.5. The quantitative estimate of drug-likeness (QED) is 0.394. The second-order valence-electron chi connectivity index (χ2n) is 3.27. The number of anilines is 1. The molecule has 0 atom stereocenters. The van der Waals surface area contributed by atoms with Crippen molar-refractivity contribution >= 4 is 29.8 Å². The van der Waals surface area contributed by atoms with Crippen LogP contribution in [-0.2, 0) is 0 Å². The molecule has 0 unspecified atom stereocenters. The van der Waals surface area contributed by atoms with Crippen LogP contribution in [0.15, 0.2) is 24.3 Å². The largest absolute Gasteiger partial charge is 0.364 e. The third-order valence-corrected chi connectivity index (χ3v) is 2.01. The summed E-state index contributed by atoms with van der Waals surface area (Å²) in [6.45, 7) is 0.686. The molecule has 9 heteroatoms. The third-order valence-electron chi connectivity index (χ3n) is 2.01. The molecule has 8 nitrogen and oxygen atoms in total. The highest BCUT2D eigenvalue weighted by Gasteiger charge is 2.16. The van der Waals surface area contributed by atoms with Gasteiger partial charge in [-0.3, -0.25) is 14.9 Å². The molecule has 0 radical (unpaired) electrons. The van der Waals surface area contributed by atoms with Gasteiger partial charge in [0.2, 0.25) is 5.82 Å². The molecule has 0 saturated carbocycles. The third kappa shape index (κ3) is 4.90. The number of carbonyl (C=O) groups excluding carboxylic acids is 1. The number of halogens is 1. The first-order valence-electron chi connectivity index (χ1n) is 5.10. The van der Waals surface area contributed by atoms with Crippen molar-refractivity contribution in [2.24, 2.45) is 11.5 Å². The predicted octanol–water partition coefficient (Wildman–Crippen LogP) is 0.437. The van der Waals surface area contributed by atoms with Crippen LogP contribution in [0.2, 0.25) is 0 Å². The van der Waals surface area contributed by atoms with Gasteiger partial charge in [0.05, 0.1) is 4.92 Å². The lowest BCUT2D eigenvalue weighted by molar-refractivity contribution is -0.384. The van der Waals surface area contributed by atoms with Crippen molar-refractivity contribution in [3.8, 4) is 0 Å². The number of pyridine rings is 1. The Morgan fingerprint density at radius 1 is 1.47 bits per heavy atom. The van der Waals surface area contributed by atoms with Crippen LogP contribution < -0.4 is 16.8 Å². The van der Waals surface area contributed by atoms with Crippen molar-refractivity contribution in [2.75, 3.05) is 18.4 Å². The lowest BCUT2D eigenvalue weighted by Gasteiger charge is -2.04. The zero-order valence-electron chi connectivity index (χ0n) is 9.91. The van der Waals surface area contributed by atoms with E-state index in [2.05, 4.69) is 10.3 Å². The van der Waals surface area contributed by atoms with E-state index in [0.717, 1.165) is 0 Å².